The van der Waals surface area contributed by atoms with Crippen LogP contribution in [0, 0.1) is 6.08 Å². The molecule has 0 amide bonds. The molecule has 0 radical (unpaired) electrons. The average Bonchev–Trinajstić information content (AvgIpc) is 2.41. The summed E-state index contributed by atoms with van der Waals surface area (Å²) in [5, 5.41) is -0.239. The highest BCUT2D eigenvalue weighted by Crippen LogP contribution is 2.30. The minimum Gasteiger partial charge on any atom is -0.224 e. The van der Waals surface area contributed by atoms with Gasteiger partial charge in [0.15, 0.2) is 9.84 Å². The van der Waals surface area contributed by atoms with Gasteiger partial charge in [-0.1, -0.05) is 41.3 Å². The fourth-order valence-corrected chi connectivity index (χ4v) is 4.76. The lowest BCUT2D eigenvalue weighted by Gasteiger charge is -2.22. The van der Waals surface area contributed by atoms with Gasteiger partial charge in [0.05, 0.1) is 9.06 Å². The molecule has 0 N–H and O–H groups in total. The second-order valence-electron chi connectivity index (χ2n) is 4.57. The molecule has 0 spiro atoms. The van der Waals surface area contributed by atoms with Crippen LogP contribution < -0.4 is 0 Å². The van der Waals surface area contributed by atoms with Crippen molar-refractivity contribution in [2.45, 2.75) is 37.4 Å². The zero-order chi connectivity index (χ0) is 13.0. The number of hydrogen-bond acceptors (Lipinski definition) is 2. The zero-order valence-corrected chi connectivity index (χ0v) is 12.5. The Morgan fingerprint density at radius 2 is 1.72 bits per heavy atom. The Hall–Kier alpha value is -0.610. The zero-order valence-electron chi connectivity index (χ0n) is 10.1. The van der Waals surface area contributed by atoms with Gasteiger partial charge in [0.2, 0.25) is 0 Å². The van der Waals surface area contributed by atoms with Crippen LogP contribution in [0.25, 0.3) is 0 Å². The fourth-order valence-electron chi connectivity index (χ4n) is 2.23. The first-order chi connectivity index (χ1) is 8.60. The predicted octanol–water partition coefficient (Wildman–Crippen LogP) is 3.82. The van der Waals surface area contributed by atoms with E-state index in [0.29, 0.717) is 0 Å². The predicted molar refractivity (Wildman–Crippen MR) is 77.0 cm³/mol. The fraction of sp³-hybridized carbons (Fsp3) is 0.429. The van der Waals surface area contributed by atoms with Gasteiger partial charge in [-0.2, -0.15) is 17.7 Å². The van der Waals surface area contributed by atoms with Crippen molar-refractivity contribution in [1.29, 1.82) is 0 Å². The summed E-state index contributed by atoms with van der Waals surface area (Å²) < 4.78 is 24.9. The Balaban J connectivity index is 2.21. The van der Waals surface area contributed by atoms with Crippen LogP contribution in [0.4, 0.5) is 0 Å². The molecule has 0 heterocycles. The largest absolute Gasteiger partial charge is 0.224 e. The van der Waals surface area contributed by atoms with Crippen molar-refractivity contribution in [2.75, 3.05) is 0 Å². The van der Waals surface area contributed by atoms with Crippen LogP contribution >= 0.6 is 15.9 Å². The van der Waals surface area contributed by atoms with Crippen molar-refractivity contribution in [3.05, 3.63) is 45.8 Å². The van der Waals surface area contributed by atoms with Gasteiger partial charge in [-0.05, 0) is 12.8 Å². The van der Waals surface area contributed by atoms with E-state index in [1.807, 2.05) is 30.3 Å². The Bertz CT molecular complexity index is 514. The Kier molecular flexibility index (Phi) is 4.62. The second kappa shape index (κ2) is 6.02. The average molecular weight is 328 g/mol. The Morgan fingerprint density at radius 3 is 2.33 bits per heavy atom. The molecule has 1 aliphatic carbocycles. The van der Waals surface area contributed by atoms with Crippen LogP contribution in [0.15, 0.2) is 34.1 Å². The van der Waals surface area contributed by atoms with Crippen molar-refractivity contribution in [1.82, 2.24) is 0 Å². The molecule has 1 aliphatic rings. The van der Waals surface area contributed by atoms with E-state index >= 15 is 0 Å². The maximum absolute atomic E-state index is 12.3. The highest BCUT2D eigenvalue weighted by Gasteiger charge is 2.28. The summed E-state index contributed by atoms with van der Waals surface area (Å²) in [6.45, 7) is 0. The highest BCUT2D eigenvalue weighted by molar-refractivity contribution is 9.13. The van der Waals surface area contributed by atoms with Crippen molar-refractivity contribution in [3.63, 3.8) is 0 Å². The molecular formula is C14H16BrO2S-. The van der Waals surface area contributed by atoms with Gasteiger partial charge in [0.1, 0.15) is 0 Å². The Morgan fingerprint density at radius 1 is 1.11 bits per heavy atom. The van der Waals surface area contributed by atoms with Gasteiger partial charge in [0, 0.05) is 0 Å². The van der Waals surface area contributed by atoms with E-state index in [0.717, 1.165) is 37.7 Å². The van der Waals surface area contributed by atoms with Crippen LogP contribution in [0.3, 0.4) is 0 Å². The molecule has 2 nitrogen and oxygen atoms in total. The second-order valence-corrected chi connectivity index (χ2v) is 8.05. The molecule has 0 aliphatic heterocycles. The number of hydrogen-bond donors (Lipinski definition) is 0. The number of rotatable bonds is 3. The van der Waals surface area contributed by atoms with Crippen molar-refractivity contribution in [3.8, 4) is 0 Å². The van der Waals surface area contributed by atoms with Crippen LogP contribution in [-0.2, 0) is 9.84 Å². The SMILES string of the molecule is O=S(=O)(C(Br)=[C-]c1ccccc1)C1CCCCC1. The maximum Gasteiger partial charge on any atom is 0.175 e. The third kappa shape index (κ3) is 3.23. The van der Waals surface area contributed by atoms with Gasteiger partial charge >= 0.3 is 0 Å². The van der Waals surface area contributed by atoms with Crippen LogP contribution in [-0.4, -0.2) is 13.7 Å². The lowest BCUT2D eigenvalue weighted by atomic mass is 10.0. The number of halogens is 1. The summed E-state index contributed by atoms with van der Waals surface area (Å²) >= 11 is 3.19. The summed E-state index contributed by atoms with van der Waals surface area (Å²) in [6, 6.07) is 9.33. The van der Waals surface area contributed by atoms with Crippen molar-refractivity contribution in [2.24, 2.45) is 0 Å². The quantitative estimate of drug-likeness (QED) is 0.791. The van der Waals surface area contributed by atoms with Gasteiger partial charge in [-0.3, -0.25) is 0 Å². The molecule has 0 unspecified atom stereocenters. The topological polar surface area (TPSA) is 34.1 Å². The summed E-state index contributed by atoms with van der Waals surface area (Å²) in [5.74, 6) is 0. The van der Waals surface area contributed by atoms with E-state index in [1.54, 1.807) is 0 Å². The number of sulfone groups is 1. The highest BCUT2D eigenvalue weighted by atomic mass is 79.9. The molecule has 1 aromatic carbocycles. The summed E-state index contributed by atoms with van der Waals surface area (Å²) in [4.78, 5) is 0. The van der Waals surface area contributed by atoms with Crippen LogP contribution in [0.5, 0.6) is 0 Å². The van der Waals surface area contributed by atoms with Crippen molar-refractivity contribution < 1.29 is 8.42 Å². The molecule has 1 aromatic rings. The monoisotopic (exact) mass is 327 g/mol. The molecular weight excluding hydrogens is 312 g/mol. The minimum atomic E-state index is -3.24. The smallest absolute Gasteiger partial charge is 0.175 e. The molecule has 0 bridgehead atoms. The van der Waals surface area contributed by atoms with Gasteiger partial charge in [0.25, 0.3) is 0 Å². The van der Waals surface area contributed by atoms with Gasteiger partial charge in [-0.15, -0.1) is 18.2 Å². The third-order valence-corrected chi connectivity index (χ3v) is 6.76. The molecule has 0 saturated heterocycles. The summed E-state index contributed by atoms with van der Waals surface area (Å²) in [6.07, 6.45) is 7.64. The van der Waals surface area contributed by atoms with E-state index in [-0.39, 0.29) is 9.06 Å². The van der Waals surface area contributed by atoms with Gasteiger partial charge in [-0.25, -0.2) is 8.42 Å². The lowest BCUT2D eigenvalue weighted by Crippen LogP contribution is -2.23. The van der Waals surface area contributed by atoms with Crippen LogP contribution in [0.2, 0.25) is 0 Å². The maximum atomic E-state index is 12.3. The first kappa shape index (κ1) is 13.8. The molecule has 1 saturated carbocycles. The van der Waals surface area contributed by atoms with Crippen molar-refractivity contribution >= 4 is 25.8 Å². The molecule has 1 fully saturated rings. The van der Waals surface area contributed by atoms with Crippen LogP contribution in [0.1, 0.15) is 37.7 Å². The van der Waals surface area contributed by atoms with E-state index in [2.05, 4.69) is 22.0 Å². The molecule has 0 aromatic heterocycles. The van der Waals surface area contributed by atoms with Gasteiger partial charge < -0.3 is 0 Å². The van der Waals surface area contributed by atoms with E-state index in [4.69, 9.17) is 0 Å². The van der Waals surface area contributed by atoms with E-state index < -0.39 is 9.84 Å². The van der Waals surface area contributed by atoms with E-state index in [9.17, 15) is 8.42 Å². The normalized spacial score (nSPS) is 18.8. The Labute approximate surface area is 117 Å². The standard InChI is InChI=1S/C14H16BrO2S/c15-14(11-12-7-3-1-4-8-12)18(16,17)13-9-5-2-6-10-13/h1,3-4,7-8,13H,2,5-6,9-10H2/q-1. The van der Waals surface area contributed by atoms with E-state index in [1.165, 1.54) is 0 Å². The molecule has 98 valence electrons. The third-order valence-electron chi connectivity index (χ3n) is 3.26. The lowest BCUT2D eigenvalue weighted by molar-refractivity contribution is 0.487. The summed E-state index contributed by atoms with van der Waals surface area (Å²) in [7, 11) is -3.24. The molecule has 0 atom stereocenters. The minimum absolute atomic E-state index is 0.188. The first-order valence-corrected chi connectivity index (χ1v) is 8.53. The molecule has 2 rings (SSSR count). The number of benzene rings is 1. The first-order valence-electron chi connectivity index (χ1n) is 6.19. The molecule has 18 heavy (non-hydrogen) atoms. The summed E-state index contributed by atoms with van der Waals surface area (Å²) in [5.41, 5.74) is 0.781. The molecule has 4 heteroatoms.